The van der Waals surface area contributed by atoms with E-state index in [-0.39, 0.29) is 19.1 Å². The predicted molar refractivity (Wildman–Crippen MR) is 81.6 cm³/mol. The summed E-state index contributed by atoms with van der Waals surface area (Å²) in [6.07, 6.45) is 1.27. The maximum absolute atomic E-state index is 12.3. The molecule has 7 heteroatoms. The van der Waals surface area contributed by atoms with Crippen LogP contribution in [0.3, 0.4) is 0 Å². The number of carboxylic acid groups (broad SMARTS) is 1. The predicted octanol–water partition coefficient (Wildman–Crippen LogP) is 1.38. The Balaban J connectivity index is 1.87. The number of hydrogen-bond donors (Lipinski definition) is 2. The molecular weight excluding hydrogens is 300 g/mol. The van der Waals surface area contributed by atoms with E-state index in [2.05, 4.69) is 5.32 Å². The molecular formula is C16H20N2O5. The van der Waals surface area contributed by atoms with Crippen LogP contribution >= 0.6 is 0 Å². The second-order valence-electron chi connectivity index (χ2n) is 5.41. The fourth-order valence-corrected chi connectivity index (χ4v) is 2.47. The molecule has 2 rings (SSSR count). The first kappa shape index (κ1) is 16.8. The van der Waals surface area contributed by atoms with E-state index in [1.807, 2.05) is 30.3 Å². The number of benzene rings is 1. The van der Waals surface area contributed by atoms with Crippen molar-refractivity contribution in [1.82, 2.24) is 10.2 Å². The quantitative estimate of drug-likeness (QED) is 0.854. The van der Waals surface area contributed by atoms with E-state index in [0.717, 1.165) is 18.4 Å². The number of hydrogen-bond acceptors (Lipinski definition) is 4. The van der Waals surface area contributed by atoms with Crippen LogP contribution in [0.2, 0.25) is 0 Å². The third-order valence-electron chi connectivity index (χ3n) is 3.61. The Morgan fingerprint density at radius 2 is 2.00 bits per heavy atom. The minimum absolute atomic E-state index is 0.117. The van der Waals surface area contributed by atoms with Gasteiger partial charge in [0.05, 0.1) is 0 Å². The summed E-state index contributed by atoms with van der Waals surface area (Å²) >= 11 is 0. The van der Waals surface area contributed by atoms with Crippen LogP contribution in [0, 0.1) is 0 Å². The minimum atomic E-state index is -1.06. The normalized spacial score (nSPS) is 18.2. The zero-order chi connectivity index (χ0) is 16.7. The molecule has 1 saturated heterocycles. The first-order valence-corrected chi connectivity index (χ1v) is 7.54. The molecule has 1 heterocycles. The van der Waals surface area contributed by atoms with Gasteiger partial charge in [0.15, 0.2) is 0 Å². The van der Waals surface area contributed by atoms with Crippen molar-refractivity contribution in [3.63, 3.8) is 0 Å². The van der Waals surface area contributed by atoms with Crippen LogP contribution < -0.4 is 5.32 Å². The molecule has 0 radical (unpaired) electrons. The number of carbonyl (C=O) groups excluding carboxylic acids is 2. The number of nitrogens with zero attached hydrogens (tertiary/aromatic N) is 1. The van der Waals surface area contributed by atoms with E-state index in [4.69, 9.17) is 9.84 Å². The van der Waals surface area contributed by atoms with Gasteiger partial charge in [0.25, 0.3) is 0 Å². The highest BCUT2D eigenvalue weighted by Crippen LogP contribution is 2.12. The van der Waals surface area contributed by atoms with E-state index < -0.39 is 18.1 Å². The van der Waals surface area contributed by atoms with Crippen molar-refractivity contribution in [3.05, 3.63) is 35.9 Å². The maximum Gasteiger partial charge on any atom is 0.408 e. The summed E-state index contributed by atoms with van der Waals surface area (Å²) in [5.41, 5.74) is 0.849. The molecule has 124 valence electrons. The Bertz CT molecular complexity index is 561. The molecule has 0 unspecified atom stereocenters. The summed E-state index contributed by atoms with van der Waals surface area (Å²) in [5, 5.41) is 11.4. The van der Waals surface area contributed by atoms with Crippen LogP contribution in [-0.2, 0) is 20.9 Å². The maximum atomic E-state index is 12.3. The lowest BCUT2D eigenvalue weighted by atomic mass is 10.1. The topological polar surface area (TPSA) is 95.9 Å². The van der Waals surface area contributed by atoms with Crippen molar-refractivity contribution in [2.45, 2.75) is 31.9 Å². The van der Waals surface area contributed by atoms with Crippen LogP contribution in [0.25, 0.3) is 0 Å². The molecule has 2 amide bonds. The summed E-state index contributed by atoms with van der Waals surface area (Å²) < 4.78 is 5.10. The van der Waals surface area contributed by atoms with Gasteiger partial charge in [-0.2, -0.15) is 0 Å². The van der Waals surface area contributed by atoms with Gasteiger partial charge in [-0.15, -0.1) is 0 Å². The van der Waals surface area contributed by atoms with Gasteiger partial charge >= 0.3 is 12.1 Å². The molecule has 0 aromatic heterocycles. The number of nitrogens with one attached hydrogen (secondary N) is 1. The van der Waals surface area contributed by atoms with Crippen molar-refractivity contribution >= 4 is 18.0 Å². The molecule has 1 atom stereocenters. The van der Waals surface area contributed by atoms with E-state index in [1.54, 1.807) is 0 Å². The lowest BCUT2D eigenvalue weighted by Crippen LogP contribution is -2.48. The zero-order valence-electron chi connectivity index (χ0n) is 12.7. The summed E-state index contributed by atoms with van der Waals surface area (Å²) in [6, 6.07) is 8.48. The second-order valence-corrected chi connectivity index (χ2v) is 5.41. The smallest absolute Gasteiger partial charge is 0.408 e. The van der Waals surface area contributed by atoms with Crippen LogP contribution in [0.5, 0.6) is 0 Å². The van der Waals surface area contributed by atoms with Gasteiger partial charge in [0.1, 0.15) is 19.2 Å². The van der Waals surface area contributed by atoms with Crippen molar-refractivity contribution in [2.24, 2.45) is 0 Å². The lowest BCUT2D eigenvalue weighted by molar-refractivity contribution is -0.144. The summed E-state index contributed by atoms with van der Waals surface area (Å²) in [4.78, 5) is 36.2. The molecule has 1 aliphatic heterocycles. The van der Waals surface area contributed by atoms with Gasteiger partial charge in [0.2, 0.25) is 5.91 Å². The van der Waals surface area contributed by atoms with Gasteiger partial charge < -0.3 is 20.1 Å². The third kappa shape index (κ3) is 5.28. The molecule has 2 N–H and O–H groups in total. The number of carboxylic acids is 1. The average Bonchev–Trinajstić information content (AvgIpc) is 2.69. The van der Waals surface area contributed by atoms with Crippen LogP contribution in [0.1, 0.15) is 24.8 Å². The molecule has 1 aliphatic rings. The molecule has 23 heavy (non-hydrogen) atoms. The summed E-state index contributed by atoms with van der Waals surface area (Å²) in [7, 11) is 0. The largest absolute Gasteiger partial charge is 0.480 e. The Hall–Kier alpha value is -2.57. The number of rotatable bonds is 5. The fourth-order valence-electron chi connectivity index (χ4n) is 2.47. The number of likely N-dealkylation sites (tertiary alicyclic amines) is 1. The Morgan fingerprint density at radius 1 is 1.26 bits per heavy atom. The third-order valence-corrected chi connectivity index (χ3v) is 3.61. The van der Waals surface area contributed by atoms with Gasteiger partial charge in [-0.1, -0.05) is 30.3 Å². The molecule has 7 nitrogen and oxygen atoms in total. The van der Waals surface area contributed by atoms with Crippen LogP contribution in [0.15, 0.2) is 30.3 Å². The molecule has 1 fully saturated rings. The summed E-state index contributed by atoms with van der Waals surface area (Å²) in [5.74, 6) is -1.44. The average molecular weight is 320 g/mol. The standard InChI is InChI=1S/C16H20N2O5/c19-14(20)10-18-9-5-4-8-13(15(18)21)17-16(22)23-11-12-6-2-1-3-7-12/h1-3,6-7,13H,4-5,8-11H2,(H,17,22)(H,19,20)/t13-/m0/s1. The van der Waals surface area contributed by atoms with Crippen molar-refractivity contribution in [1.29, 1.82) is 0 Å². The highest BCUT2D eigenvalue weighted by Gasteiger charge is 2.29. The monoisotopic (exact) mass is 320 g/mol. The van der Waals surface area contributed by atoms with Gasteiger partial charge in [-0.25, -0.2) is 4.79 Å². The number of ether oxygens (including phenoxy) is 1. The zero-order valence-corrected chi connectivity index (χ0v) is 12.7. The molecule has 0 saturated carbocycles. The van der Waals surface area contributed by atoms with Crippen LogP contribution in [0.4, 0.5) is 4.79 Å². The molecule has 1 aromatic carbocycles. The van der Waals surface area contributed by atoms with Gasteiger partial charge in [0, 0.05) is 6.54 Å². The fraction of sp³-hybridized carbons (Fsp3) is 0.438. The van der Waals surface area contributed by atoms with Gasteiger partial charge in [-0.05, 0) is 24.8 Å². The molecule has 1 aromatic rings. The van der Waals surface area contributed by atoms with Crippen molar-refractivity contribution < 1.29 is 24.2 Å². The van der Waals surface area contributed by atoms with Crippen LogP contribution in [-0.4, -0.2) is 47.1 Å². The number of amides is 2. The Morgan fingerprint density at radius 3 is 2.70 bits per heavy atom. The van der Waals surface area contributed by atoms with E-state index in [0.29, 0.717) is 13.0 Å². The van der Waals surface area contributed by atoms with Gasteiger partial charge in [-0.3, -0.25) is 9.59 Å². The highest BCUT2D eigenvalue weighted by atomic mass is 16.5. The highest BCUT2D eigenvalue weighted by molar-refractivity contribution is 5.88. The molecule has 0 bridgehead atoms. The molecule has 0 spiro atoms. The van der Waals surface area contributed by atoms with Crippen molar-refractivity contribution in [3.8, 4) is 0 Å². The first-order valence-electron chi connectivity index (χ1n) is 7.54. The van der Waals surface area contributed by atoms with E-state index >= 15 is 0 Å². The first-order chi connectivity index (χ1) is 11.1. The second kappa shape index (κ2) is 8.17. The number of alkyl carbamates (subject to hydrolysis) is 1. The number of carbonyl (C=O) groups is 3. The number of aliphatic carboxylic acids is 1. The van der Waals surface area contributed by atoms with E-state index in [9.17, 15) is 14.4 Å². The Kier molecular flexibility index (Phi) is 5.96. The minimum Gasteiger partial charge on any atom is -0.480 e. The Labute approximate surface area is 134 Å². The lowest BCUT2D eigenvalue weighted by Gasteiger charge is -2.23. The summed E-state index contributed by atoms with van der Waals surface area (Å²) in [6.45, 7) is 0.158. The van der Waals surface area contributed by atoms with Crippen molar-refractivity contribution in [2.75, 3.05) is 13.1 Å². The van der Waals surface area contributed by atoms with E-state index in [1.165, 1.54) is 4.90 Å². The molecule has 0 aliphatic carbocycles. The SMILES string of the molecule is O=C(O)CN1CCCC[C@H](NC(=O)OCc2ccccc2)C1=O.